The van der Waals surface area contributed by atoms with Crippen LogP contribution in [-0.2, 0) is 11.3 Å². The molecule has 6 heteroatoms. The Kier molecular flexibility index (Phi) is 7.24. The van der Waals surface area contributed by atoms with E-state index in [4.69, 9.17) is 14.2 Å². The van der Waals surface area contributed by atoms with Crippen molar-refractivity contribution in [3.8, 4) is 11.5 Å². The molecule has 1 amide bonds. The number of amides is 1. The minimum atomic E-state index is -0.501. The summed E-state index contributed by atoms with van der Waals surface area (Å²) >= 11 is 0. The molecule has 0 unspecified atom stereocenters. The molecule has 0 fully saturated rings. The minimum absolute atomic E-state index is 0.217. The minimum Gasteiger partial charge on any atom is -0.496 e. The number of methoxy groups -OCH3 is 2. The van der Waals surface area contributed by atoms with E-state index in [9.17, 15) is 9.59 Å². The molecule has 0 aromatic heterocycles. The number of benzene rings is 2. The van der Waals surface area contributed by atoms with Crippen LogP contribution < -0.4 is 14.8 Å². The fourth-order valence-electron chi connectivity index (χ4n) is 2.27. The lowest BCUT2D eigenvalue weighted by Crippen LogP contribution is -2.24. The zero-order valence-electron chi connectivity index (χ0n) is 14.7. The van der Waals surface area contributed by atoms with Crippen LogP contribution in [0.5, 0.6) is 11.5 Å². The number of ether oxygens (including phenoxy) is 3. The molecule has 2 rings (SSSR count). The van der Waals surface area contributed by atoms with E-state index in [-0.39, 0.29) is 13.2 Å². The van der Waals surface area contributed by atoms with Crippen molar-refractivity contribution in [2.24, 2.45) is 0 Å². The van der Waals surface area contributed by atoms with Crippen molar-refractivity contribution in [3.63, 3.8) is 0 Å². The Morgan fingerprint density at radius 2 is 1.69 bits per heavy atom. The van der Waals surface area contributed by atoms with E-state index in [1.807, 2.05) is 30.3 Å². The molecule has 0 saturated carbocycles. The van der Waals surface area contributed by atoms with E-state index >= 15 is 0 Å². The van der Waals surface area contributed by atoms with Gasteiger partial charge in [0.2, 0.25) is 0 Å². The fraction of sp³-hybridized carbons (Fsp3) is 0.200. The van der Waals surface area contributed by atoms with E-state index in [0.29, 0.717) is 23.3 Å². The maximum Gasteiger partial charge on any atom is 0.407 e. The normalized spacial score (nSPS) is 10.4. The monoisotopic (exact) mass is 355 g/mol. The second-order valence-electron chi connectivity index (χ2n) is 5.30. The Labute approximate surface area is 152 Å². The van der Waals surface area contributed by atoms with Crippen molar-refractivity contribution in [2.45, 2.75) is 6.61 Å². The summed E-state index contributed by atoms with van der Waals surface area (Å²) in [7, 11) is 3.01. The number of nitrogens with one attached hydrogen (secondary N) is 1. The topological polar surface area (TPSA) is 73.9 Å². The summed E-state index contributed by atoms with van der Waals surface area (Å²) in [5, 5.41) is 2.64. The highest BCUT2D eigenvalue weighted by molar-refractivity contribution is 5.82. The van der Waals surface area contributed by atoms with Crippen LogP contribution >= 0.6 is 0 Å². The van der Waals surface area contributed by atoms with Crippen LogP contribution in [0.2, 0.25) is 0 Å². The van der Waals surface area contributed by atoms with Gasteiger partial charge < -0.3 is 19.5 Å². The molecule has 0 radical (unpaired) electrons. The van der Waals surface area contributed by atoms with E-state index < -0.39 is 6.09 Å². The quantitative estimate of drug-likeness (QED) is 0.734. The molecule has 0 aliphatic carbocycles. The Bertz CT molecular complexity index is 771. The Morgan fingerprint density at radius 1 is 1.04 bits per heavy atom. The zero-order chi connectivity index (χ0) is 18.8. The molecule has 0 heterocycles. The maximum atomic E-state index is 11.7. The molecule has 0 aliphatic heterocycles. The van der Waals surface area contributed by atoms with Gasteiger partial charge in [-0.1, -0.05) is 42.5 Å². The second-order valence-corrected chi connectivity index (χ2v) is 5.30. The fourth-order valence-corrected chi connectivity index (χ4v) is 2.27. The van der Waals surface area contributed by atoms with Crippen LogP contribution in [0.1, 0.15) is 21.5 Å². The molecule has 6 nitrogen and oxygen atoms in total. The van der Waals surface area contributed by atoms with Crippen LogP contribution in [0.25, 0.3) is 6.08 Å². The summed E-state index contributed by atoms with van der Waals surface area (Å²) in [6.45, 7) is 0.503. The third-order valence-corrected chi connectivity index (χ3v) is 3.58. The van der Waals surface area contributed by atoms with Gasteiger partial charge >= 0.3 is 6.09 Å². The molecule has 0 saturated heterocycles. The van der Waals surface area contributed by atoms with Crippen LogP contribution in [0.4, 0.5) is 4.79 Å². The number of rotatable bonds is 8. The van der Waals surface area contributed by atoms with Gasteiger partial charge in [0.1, 0.15) is 18.1 Å². The average molecular weight is 355 g/mol. The number of alkyl carbamates (subject to hydrolysis) is 1. The lowest BCUT2D eigenvalue weighted by atomic mass is 10.1. The first-order valence-electron chi connectivity index (χ1n) is 8.00. The van der Waals surface area contributed by atoms with Gasteiger partial charge in [-0.25, -0.2) is 4.79 Å². The summed E-state index contributed by atoms with van der Waals surface area (Å²) in [6, 6.07) is 12.7. The van der Waals surface area contributed by atoms with Gasteiger partial charge in [0.05, 0.1) is 19.8 Å². The first kappa shape index (κ1) is 19.1. The van der Waals surface area contributed by atoms with Gasteiger partial charge in [-0.05, 0) is 17.7 Å². The molecular weight excluding hydrogens is 334 g/mol. The van der Waals surface area contributed by atoms with Gasteiger partial charge in [0, 0.05) is 12.1 Å². The van der Waals surface area contributed by atoms with E-state index in [1.165, 1.54) is 14.2 Å². The molecule has 2 aromatic rings. The highest BCUT2D eigenvalue weighted by atomic mass is 16.5. The number of carbonyl (C=O) groups excluding carboxylic acids is 2. The number of aldehydes is 1. The van der Waals surface area contributed by atoms with Crippen molar-refractivity contribution in [3.05, 3.63) is 65.2 Å². The first-order chi connectivity index (χ1) is 12.7. The first-order valence-corrected chi connectivity index (χ1v) is 8.00. The standard InChI is InChI=1S/C20H21NO5/c1-24-18-12-17(13-22)19(25-2)11-16(18)9-6-10-21-20(23)26-14-15-7-4-3-5-8-15/h3-9,11-13H,10,14H2,1-2H3,(H,21,23). The third-order valence-electron chi connectivity index (χ3n) is 3.58. The van der Waals surface area contributed by atoms with Crippen LogP contribution in [0.3, 0.4) is 0 Å². The predicted octanol–water partition coefficient (Wildman–Crippen LogP) is 3.46. The molecule has 26 heavy (non-hydrogen) atoms. The van der Waals surface area contributed by atoms with Crippen LogP contribution in [0.15, 0.2) is 48.5 Å². The summed E-state index contributed by atoms with van der Waals surface area (Å²) in [5.41, 5.74) is 2.06. The van der Waals surface area contributed by atoms with Crippen LogP contribution in [-0.4, -0.2) is 33.1 Å². The lowest BCUT2D eigenvalue weighted by molar-refractivity contribution is 0.112. The van der Waals surface area contributed by atoms with E-state index in [1.54, 1.807) is 24.3 Å². The molecular formula is C20H21NO5. The molecule has 0 bridgehead atoms. The third kappa shape index (κ3) is 5.37. The molecule has 1 N–H and O–H groups in total. The largest absolute Gasteiger partial charge is 0.496 e. The van der Waals surface area contributed by atoms with Gasteiger partial charge in [0.25, 0.3) is 0 Å². The second kappa shape index (κ2) is 9.88. The Balaban J connectivity index is 1.89. The molecule has 0 atom stereocenters. The predicted molar refractivity (Wildman–Crippen MR) is 98.6 cm³/mol. The van der Waals surface area contributed by atoms with E-state index in [2.05, 4.69) is 5.32 Å². The molecule has 2 aromatic carbocycles. The highest BCUT2D eigenvalue weighted by Gasteiger charge is 2.09. The maximum absolute atomic E-state index is 11.7. The van der Waals surface area contributed by atoms with Crippen molar-refractivity contribution in [1.29, 1.82) is 0 Å². The van der Waals surface area contributed by atoms with Crippen molar-refractivity contribution >= 4 is 18.5 Å². The van der Waals surface area contributed by atoms with Crippen LogP contribution in [0, 0.1) is 0 Å². The van der Waals surface area contributed by atoms with E-state index in [0.717, 1.165) is 11.1 Å². The van der Waals surface area contributed by atoms with Gasteiger partial charge in [0.15, 0.2) is 6.29 Å². The SMILES string of the molecule is COc1cc(C=CCNC(=O)OCc2ccccc2)c(OC)cc1C=O. The zero-order valence-corrected chi connectivity index (χ0v) is 14.7. The van der Waals surface area contributed by atoms with Crippen molar-refractivity contribution in [1.82, 2.24) is 5.32 Å². The number of hydrogen-bond donors (Lipinski definition) is 1. The summed E-state index contributed by atoms with van der Waals surface area (Å²) in [6.07, 6.45) is 3.73. The average Bonchev–Trinajstić information content (AvgIpc) is 2.69. The molecule has 0 spiro atoms. The number of carbonyl (C=O) groups is 2. The van der Waals surface area contributed by atoms with Gasteiger partial charge in [-0.15, -0.1) is 0 Å². The Morgan fingerprint density at radius 3 is 2.35 bits per heavy atom. The van der Waals surface area contributed by atoms with Gasteiger partial charge in [-0.2, -0.15) is 0 Å². The lowest BCUT2D eigenvalue weighted by Gasteiger charge is -2.10. The summed E-state index contributed by atoms with van der Waals surface area (Å²) in [4.78, 5) is 22.7. The van der Waals surface area contributed by atoms with Crippen molar-refractivity contribution in [2.75, 3.05) is 20.8 Å². The Hall–Kier alpha value is -3.28. The highest BCUT2D eigenvalue weighted by Crippen LogP contribution is 2.28. The molecule has 136 valence electrons. The summed E-state index contributed by atoms with van der Waals surface area (Å²) < 4.78 is 15.6. The summed E-state index contributed by atoms with van der Waals surface area (Å²) in [5.74, 6) is 0.992. The van der Waals surface area contributed by atoms with Gasteiger partial charge in [-0.3, -0.25) is 4.79 Å². The number of hydrogen-bond acceptors (Lipinski definition) is 5. The molecule has 0 aliphatic rings. The smallest absolute Gasteiger partial charge is 0.407 e. The van der Waals surface area contributed by atoms with Crippen molar-refractivity contribution < 1.29 is 23.8 Å².